The van der Waals surface area contributed by atoms with E-state index in [1.165, 1.54) is 32.1 Å². The van der Waals surface area contributed by atoms with Gasteiger partial charge in [0, 0.05) is 10.0 Å². The van der Waals surface area contributed by atoms with Crippen LogP contribution in [0.25, 0.3) is 0 Å². The maximum absolute atomic E-state index is 9.27. The molecule has 1 atom stereocenters. The molecule has 0 radical (unpaired) electrons. The van der Waals surface area contributed by atoms with E-state index in [2.05, 4.69) is 13.0 Å². The fourth-order valence-corrected chi connectivity index (χ4v) is 2.74. The van der Waals surface area contributed by atoms with Crippen molar-refractivity contribution in [3.63, 3.8) is 0 Å². The molecule has 0 spiro atoms. The lowest BCUT2D eigenvalue weighted by Gasteiger charge is -2.11. The minimum absolute atomic E-state index is 0.115. The van der Waals surface area contributed by atoms with Crippen LogP contribution in [0.3, 0.4) is 0 Å². The average Bonchev–Trinajstić information content (AvgIpc) is 2.39. The average molecular weight is 298 g/mol. The second-order valence-corrected chi connectivity index (χ2v) is 5.75. The predicted molar refractivity (Wildman–Crippen MR) is 82.8 cm³/mol. The van der Waals surface area contributed by atoms with Gasteiger partial charge in [0.2, 0.25) is 0 Å². The molecule has 0 bridgehead atoms. The largest absolute Gasteiger partial charge is 0.198 e. The summed E-state index contributed by atoms with van der Waals surface area (Å²) in [5, 5.41) is 10.5. The Kier molecular flexibility index (Phi) is 7.94. The van der Waals surface area contributed by atoms with Crippen LogP contribution < -0.4 is 0 Å². The van der Waals surface area contributed by atoms with Crippen molar-refractivity contribution in [1.29, 1.82) is 5.26 Å². The number of hydrogen-bond acceptors (Lipinski definition) is 1. The molecule has 0 saturated heterocycles. The van der Waals surface area contributed by atoms with Crippen LogP contribution >= 0.6 is 23.2 Å². The third-order valence-corrected chi connectivity index (χ3v) is 3.90. The highest BCUT2D eigenvalue weighted by molar-refractivity contribution is 6.35. The van der Waals surface area contributed by atoms with E-state index in [4.69, 9.17) is 23.2 Å². The van der Waals surface area contributed by atoms with Gasteiger partial charge < -0.3 is 0 Å². The summed E-state index contributed by atoms with van der Waals surface area (Å²) in [6, 6.07) is 7.74. The molecule has 0 heterocycles. The van der Waals surface area contributed by atoms with Crippen LogP contribution in [0.5, 0.6) is 0 Å². The first-order chi connectivity index (χ1) is 9.19. The van der Waals surface area contributed by atoms with Crippen molar-refractivity contribution in [3.8, 4) is 6.07 Å². The maximum Gasteiger partial charge on any atom is 0.0727 e. The molecule has 0 saturated carbocycles. The molecule has 0 aliphatic heterocycles. The third kappa shape index (κ3) is 5.85. The van der Waals surface area contributed by atoms with E-state index in [0.717, 1.165) is 18.4 Å². The van der Waals surface area contributed by atoms with Crippen LogP contribution in [0.1, 0.15) is 63.4 Å². The molecule has 1 aromatic rings. The predicted octanol–water partition coefficient (Wildman–Crippen LogP) is 6.35. The number of benzene rings is 1. The monoisotopic (exact) mass is 297 g/mol. The molecule has 104 valence electrons. The quantitative estimate of drug-likeness (QED) is 0.513. The molecule has 0 aromatic heterocycles. The Morgan fingerprint density at radius 3 is 2.42 bits per heavy atom. The smallest absolute Gasteiger partial charge is 0.0727 e. The van der Waals surface area contributed by atoms with E-state index >= 15 is 0 Å². The van der Waals surface area contributed by atoms with Crippen LogP contribution in [0, 0.1) is 11.3 Å². The summed E-state index contributed by atoms with van der Waals surface area (Å²) in [5.74, 6) is -0.115. The van der Waals surface area contributed by atoms with Crippen LogP contribution in [0.2, 0.25) is 10.0 Å². The number of nitrogens with zero attached hydrogens (tertiary/aromatic N) is 1. The van der Waals surface area contributed by atoms with Crippen LogP contribution in [0.15, 0.2) is 18.2 Å². The first-order valence-corrected chi connectivity index (χ1v) is 7.79. The molecule has 1 aromatic carbocycles. The summed E-state index contributed by atoms with van der Waals surface area (Å²) in [6.45, 7) is 2.22. The number of nitriles is 1. The van der Waals surface area contributed by atoms with E-state index in [1.54, 1.807) is 12.1 Å². The summed E-state index contributed by atoms with van der Waals surface area (Å²) in [5.41, 5.74) is 0.905. The van der Waals surface area contributed by atoms with Gasteiger partial charge in [-0.1, -0.05) is 74.7 Å². The van der Waals surface area contributed by atoms with Crippen molar-refractivity contribution in [2.24, 2.45) is 0 Å². The van der Waals surface area contributed by atoms with Crippen molar-refractivity contribution in [1.82, 2.24) is 0 Å². The van der Waals surface area contributed by atoms with Crippen LogP contribution in [-0.2, 0) is 0 Å². The lowest BCUT2D eigenvalue weighted by atomic mass is 9.94. The normalized spacial score (nSPS) is 12.1. The third-order valence-electron chi connectivity index (χ3n) is 3.34. The van der Waals surface area contributed by atoms with E-state index in [9.17, 15) is 5.26 Å². The molecular weight excluding hydrogens is 277 g/mol. The van der Waals surface area contributed by atoms with Gasteiger partial charge in [0.05, 0.1) is 12.0 Å². The van der Waals surface area contributed by atoms with Crippen LogP contribution in [0.4, 0.5) is 0 Å². The minimum atomic E-state index is -0.115. The van der Waals surface area contributed by atoms with Crippen molar-refractivity contribution in [2.45, 2.75) is 57.8 Å². The van der Waals surface area contributed by atoms with E-state index < -0.39 is 0 Å². The zero-order chi connectivity index (χ0) is 14.1. The summed E-state index contributed by atoms with van der Waals surface area (Å²) < 4.78 is 0. The lowest BCUT2D eigenvalue weighted by molar-refractivity contribution is 0.575. The van der Waals surface area contributed by atoms with Gasteiger partial charge in [0.25, 0.3) is 0 Å². The Bertz CT molecular complexity index is 423. The molecule has 0 amide bonds. The molecule has 0 aliphatic carbocycles. The fourth-order valence-electron chi connectivity index (χ4n) is 2.20. The van der Waals surface area contributed by atoms with E-state index in [-0.39, 0.29) is 5.92 Å². The number of unbranched alkanes of at least 4 members (excludes halogenated alkanes) is 5. The van der Waals surface area contributed by atoms with Crippen molar-refractivity contribution in [3.05, 3.63) is 33.8 Å². The van der Waals surface area contributed by atoms with Gasteiger partial charge in [-0.25, -0.2) is 0 Å². The van der Waals surface area contributed by atoms with E-state index in [1.807, 2.05) is 6.07 Å². The topological polar surface area (TPSA) is 23.8 Å². The molecule has 1 nitrogen and oxygen atoms in total. The summed E-state index contributed by atoms with van der Waals surface area (Å²) in [4.78, 5) is 0. The first-order valence-electron chi connectivity index (χ1n) is 7.03. The number of hydrogen-bond donors (Lipinski definition) is 0. The zero-order valence-electron chi connectivity index (χ0n) is 11.5. The molecule has 0 fully saturated rings. The Morgan fingerprint density at radius 2 is 1.79 bits per heavy atom. The summed E-state index contributed by atoms with van der Waals surface area (Å²) in [6.07, 6.45) is 8.30. The molecule has 1 unspecified atom stereocenters. The van der Waals surface area contributed by atoms with Gasteiger partial charge in [-0.15, -0.1) is 0 Å². The molecule has 0 aliphatic rings. The van der Waals surface area contributed by atoms with E-state index in [0.29, 0.717) is 10.0 Å². The zero-order valence-corrected chi connectivity index (χ0v) is 13.0. The van der Waals surface area contributed by atoms with Crippen molar-refractivity contribution in [2.75, 3.05) is 0 Å². The number of halogens is 2. The highest BCUT2D eigenvalue weighted by Gasteiger charge is 2.13. The Hall–Kier alpha value is -0.710. The van der Waals surface area contributed by atoms with Crippen molar-refractivity contribution >= 4 is 23.2 Å². The molecule has 0 N–H and O–H groups in total. The highest BCUT2D eigenvalue weighted by atomic mass is 35.5. The Morgan fingerprint density at radius 1 is 1.11 bits per heavy atom. The summed E-state index contributed by atoms with van der Waals surface area (Å²) >= 11 is 12.0. The molecule has 1 rings (SSSR count). The fraction of sp³-hybridized carbons (Fsp3) is 0.562. The standard InChI is InChI=1S/C16H21Cl2N/c1-2-3-4-5-6-7-8-13(12-19)15-10-9-14(17)11-16(15)18/h9-11,13H,2-8H2,1H3. The number of rotatable bonds is 8. The maximum atomic E-state index is 9.27. The second kappa shape index (κ2) is 9.23. The van der Waals surface area contributed by atoms with Gasteiger partial charge in [0.15, 0.2) is 0 Å². The Balaban J connectivity index is 2.43. The second-order valence-electron chi connectivity index (χ2n) is 4.90. The van der Waals surface area contributed by atoms with Crippen LogP contribution in [-0.4, -0.2) is 0 Å². The molecule has 3 heteroatoms. The van der Waals surface area contributed by atoms with Crippen molar-refractivity contribution < 1.29 is 0 Å². The summed E-state index contributed by atoms with van der Waals surface area (Å²) in [7, 11) is 0. The highest BCUT2D eigenvalue weighted by Crippen LogP contribution is 2.30. The Labute approximate surface area is 126 Å². The lowest BCUT2D eigenvalue weighted by Crippen LogP contribution is -1.97. The van der Waals surface area contributed by atoms with Gasteiger partial charge in [-0.2, -0.15) is 5.26 Å². The van der Waals surface area contributed by atoms with Gasteiger partial charge in [-0.05, 0) is 24.1 Å². The molecule has 19 heavy (non-hydrogen) atoms. The van der Waals surface area contributed by atoms with Gasteiger partial charge in [-0.3, -0.25) is 0 Å². The minimum Gasteiger partial charge on any atom is -0.198 e. The first kappa shape index (κ1) is 16.3. The molecular formula is C16H21Cl2N. The van der Waals surface area contributed by atoms with Gasteiger partial charge >= 0.3 is 0 Å². The van der Waals surface area contributed by atoms with Gasteiger partial charge in [0.1, 0.15) is 0 Å². The SMILES string of the molecule is CCCCCCCCC(C#N)c1ccc(Cl)cc1Cl.